The quantitative estimate of drug-likeness (QED) is 0.750. The molecule has 2 heteroatoms. The van der Waals surface area contributed by atoms with Crippen molar-refractivity contribution >= 4 is 0 Å². The molecular formula is C16H18N2. The summed E-state index contributed by atoms with van der Waals surface area (Å²) < 4.78 is 2.06. The Balaban J connectivity index is 2.21. The second-order valence-electron chi connectivity index (χ2n) is 4.81. The van der Waals surface area contributed by atoms with Crippen molar-refractivity contribution in [1.82, 2.24) is 9.78 Å². The summed E-state index contributed by atoms with van der Waals surface area (Å²) in [7, 11) is 0. The zero-order valence-corrected chi connectivity index (χ0v) is 11.1. The highest BCUT2D eigenvalue weighted by molar-refractivity contribution is 5.36. The number of rotatable bonds is 3. The summed E-state index contributed by atoms with van der Waals surface area (Å²) in [5, 5.41) is 4.43. The van der Waals surface area contributed by atoms with Crippen molar-refractivity contribution in [2.24, 2.45) is 0 Å². The van der Waals surface area contributed by atoms with Gasteiger partial charge in [0.2, 0.25) is 0 Å². The van der Waals surface area contributed by atoms with Crippen molar-refractivity contribution in [1.29, 1.82) is 0 Å². The van der Waals surface area contributed by atoms with Gasteiger partial charge in [0.25, 0.3) is 0 Å². The summed E-state index contributed by atoms with van der Waals surface area (Å²) in [4.78, 5) is 0. The molecule has 0 saturated heterocycles. The van der Waals surface area contributed by atoms with Gasteiger partial charge in [-0.3, -0.25) is 4.68 Å². The van der Waals surface area contributed by atoms with Crippen LogP contribution in [0, 0.1) is 19.3 Å². The predicted molar refractivity (Wildman–Crippen MR) is 74.5 cm³/mol. The van der Waals surface area contributed by atoms with Gasteiger partial charge in [0.15, 0.2) is 0 Å². The van der Waals surface area contributed by atoms with Gasteiger partial charge in [-0.1, -0.05) is 18.1 Å². The summed E-state index contributed by atoms with van der Waals surface area (Å²) in [5.74, 6) is 2.63. The van der Waals surface area contributed by atoms with Crippen LogP contribution in [-0.2, 0) is 6.42 Å². The minimum Gasteiger partial charge on any atom is -0.267 e. The second-order valence-corrected chi connectivity index (χ2v) is 4.81. The van der Waals surface area contributed by atoms with Gasteiger partial charge in [0, 0.05) is 23.7 Å². The molecule has 2 nitrogen and oxygen atoms in total. The van der Waals surface area contributed by atoms with Crippen LogP contribution in [-0.4, -0.2) is 9.78 Å². The fraction of sp³-hybridized carbons (Fsp3) is 0.312. The van der Waals surface area contributed by atoms with Gasteiger partial charge < -0.3 is 0 Å². The van der Waals surface area contributed by atoms with Gasteiger partial charge in [-0.05, 0) is 44.0 Å². The van der Waals surface area contributed by atoms with Crippen LogP contribution in [0.15, 0.2) is 30.5 Å². The molecule has 0 radical (unpaired) electrons. The lowest BCUT2D eigenvalue weighted by atomic mass is 10.0. The number of nitrogens with zero attached hydrogens (tertiary/aromatic N) is 2. The Bertz CT molecular complexity index is 568. The summed E-state index contributed by atoms with van der Waals surface area (Å²) in [6, 6.07) is 8.54. The summed E-state index contributed by atoms with van der Waals surface area (Å²) in [6.45, 7) is 6.41. The Labute approximate surface area is 109 Å². The average Bonchev–Trinajstić information content (AvgIpc) is 2.72. The number of aromatic nitrogens is 2. The van der Waals surface area contributed by atoms with Gasteiger partial charge in [-0.25, -0.2) is 0 Å². The molecule has 0 aliphatic carbocycles. The Kier molecular flexibility index (Phi) is 3.53. The zero-order valence-electron chi connectivity index (χ0n) is 11.1. The van der Waals surface area contributed by atoms with E-state index in [0.29, 0.717) is 6.04 Å². The Morgan fingerprint density at radius 1 is 1.28 bits per heavy atom. The standard InChI is InChI=1S/C16H18N2/c1-5-14-6-8-15(9-7-14)10-16-11-17-18(12(2)3)13(16)4/h1,6-9,11-12H,10H2,2-4H3. The van der Waals surface area contributed by atoms with E-state index in [1.54, 1.807) is 0 Å². The van der Waals surface area contributed by atoms with E-state index in [9.17, 15) is 0 Å². The first-order chi connectivity index (χ1) is 8.61. The predicted octanol–water partition coefficient (Wildman–Crippen LogP) is 3.34. The normalized spacial score (nSPS) is 10.6. The fourth-order valence-electron chi connectivity index (χ4n) is 2.09. The molecule has 0 N–H and O–H groups in total. The molecule has 0 fully saturated rings. The van der Waals surface area contributed by atoms with Gasteiger partial charge in [0.05, 0.1) is 6.20 Å². The minimum atomic E-state index is 0.405. The number of hydrogen-bond donors (Lipinski definition) is 0. The molecular weight excluding hydrogens is 220 g/mol. The molecule has 0 saturated carbocycles. The molecule has 2 aromatic rings. The monoisotopic (exact) mass is 238 g/mol. The van der Waals surface area contributed by atoms with Crippen LogP contribution >= 0.6 is 0 Å². The molecule has 0 aliphatic rings. The van der Waals surface area contributed by atoms with Crippen LogP contribution in [0.2, 0.25) is 0 Å². The first-order valence-corrected chi connectivity index (χ1v) is 6.20. The average molecular weight is 238 g/mol. The van der Waals surface area contributed by atoms with Gasteiger partial charge >= 0.3 is 0 Å². The van der Waals surface area contributed by atoms with Gasteiger partial charge in [-0.15, -0.1) is 6.42 Å². The SMILES string of the molecule is C#Cc1ccc(Cc2cnn(C(C)C)c2C)cc1. The van der Waals surface area contributed by atoms with Crippen LogP contribution in [0.1, 0.15) is 42.3 Å². The highest BCUT2D eigenvalue weighted by Crippen LogP contribution is 2.17. The van der Waals surface area contributed by atoms with Crippen molar-refractivity contribution in [3.63, 3.8) is 0 Å². The Hall–Kier alpha value is -2.01. The smallest absolute Gasteiger partial charge is 0.0528 e. The summed E-state index contributed by atoms with van der Waals surface area (Å²) >= 11 is 0. The maximum absolute atomic E-state index is 5.35. The number of terminal acetylenes is 1. The molecule has 0 bridgehead atoms. The third-order valence-electron chi connectivity index (χ3n) is 3.15. The van der Waals surface area contributed by atoms with Crippen molar-refractivity contribution < 1.29 is 0 Å². The van der Waals surface area contributed by atoms with E-state index >= 15 is 0 Å². The molecule has 1 aromatic heterocycles. The largest absolute Gasteiger partial charge is 0.267 e. The lowest BCUT2D eigenvalue weighted by molar-refractivity contribution is 0.518. The summed E-state index contributed by atoms with van der Waals surface area (Å²) in [5.41, 5.74) is 4.71. The van der Waals surface area contributed by atoms with Crippen LogP contribution < -0.4 is 0 Å². The maximum Gasteiger partial charge on any atom is 0.0528 e. The molecule has 0 amide bonds. The third-order valence-corrected chi connectivity index (χ3v) is 3.15. The number of hydrogen-bond acceptors (Lipinski definition) is 1. The topological polar surface area (TPSA) is 17.8 Å². The van der Waals surface area contributed by atoms with E-state index in [4.69, 9.17) is 6.42 Å². The Morgan fingerprint density at radius 3 is 2.44 bits per heavy atom. The van der Waals surface area contributed by atoms with E-state index in [1.165, 1.54) is 16.8 Å². The highest BCUT2D eigenvalue weighted by atomic mass is 15.3. The molecule has 92 valence electrons. The molecule has 0 aliphatic heterocycles. The molecule has 1 aromatic carbocycles. The maximum atomic E-state index is 5.35. The molecule has 0 unspecified atom stereocenters. The van der Waals surface area contributed by atoms with Crippen LogP contribution in [0.25, 0.3) is 0 Å². The van der Waals surface area contributed by atoms with Crippen molar-refractivity contribution in [3.05, 3.63) is 52.8 Å². The van der Waals surface area contributed by atoms with Crippen LogP contribution in [0.4, 0.5) is 0 Å². The van der Waals surface area contributed by atoms with E-state index in [-0.39, 0.29) is 0 Å². The lowest BCUT2D eigenvalue weighted by Crippen LogP contribution is -2.05. The molecule has 18 heavy (non-hydrogen) atoms. The first kappa shape index (κ1) is 12.4. The molecule has 2 rings (SSSR count). The summed E-state index contributed by atoms with van der Waals surface area (Å²) in [6.07, 6.45) is 8.22. The van der Waals surface area contributed by atoms with Crippen LogP contribution in [0.3, 0.4) is 0 Å². The van der Waals surface area contributed by atoms with E-state index in [0.717, 1.165) is 12.0 Å². The van der Waals surface area contributed by atoms with Crippen molar-refractivity contribution in [2.75, 3.05) is 0 Å². The van der Waals surface area contributed by atoms with E-state index < -0.39 is 0 Å². The lowest BCUT2D eigenvalue weighted by Gasteiger charge is -2.08. The van der Waals surface area contributed by atoms with E-state index in [2.05, 4.69) is 48.6 Å². The molecule has 1 heterocycles. The highest BCUT2D eigenvalue weighted by Gasteiger charge is 2.09. The van der Waals surface area contributed by atoms with Crippen molar-refractivity contribution in [3.8, 4) is 12.3 Å². The number of benzene rings is 1. The zero-order chi connectivity index (χ0) is 13.1. The molecule has 0 atom stereocenters. The third kappa shape index (κ3) is 2.46. The fourth-order valence-corrected chi connectivity index (χ4v) is 2.09. The van der Waals surface area contributed by atoms with Gasteiger partial charge in [0.1, 0.15) is 0 Å². The second kappa shape index (κ2) is 5.10. The van der Waals surface area contributed by atoms with Gasteiger partial charge in [-0.2, -0.15) is 5.10 Å². The Morgan fingerprint density at radius 2 is 1.94 bits per heavy atom. The van der Waals surface area contributed by atoms with E-state index in [1.807, 2.05) is 18.3 Å². The first-order valence-electron chi connectivity index (χ1n) is 6.20. The van der Waals surface area contributed by atoms with Crippen LogP contribution in [0.5, 0.6) is 0 Å². The van der Waals surface area contributed by atoms with Crippen molar-refractivity contribution in [2.45, 2.75) is 33.2 Å². The molecule has 0 spiro atoms. The minimum absolute atomic E-state index is 0.405.